The van der Waals surface area contributed by atoms with E-state index in [1.165, 1.54) is 18.9 Å². The number of unbranched alkanes of at least 4 members (excludes halogenated alkanes) is 2. The number of aliphatic hydroxyl groups excluding tert-OH is 1. The molecule has 0 aromatic rings. The van der Waals surface area contributed by atoms with Crippen LogP contribution in [-0.2, 0) is 14.3 Å². The molecule has 1 rings (SSSR count). The van der Waals surface area contributed by atoms with Crippen molar-refractivity contribution in [3.05, 3.63) is 24.8 Å². The van der Waals surface area contributed by atoms with E-state index in [1.807, 2.05) is 12.2 Å². The van der Waals surface area contributed by atoms with Crippen LogP contribution < -0.4 is 0 Å². The number of thioether (sulfide) groups is 1. The van der Waals surface area contributed by atoms with Gasteiger partial charge in [-0.15, -0.1) is 6.58 Å². The van der Waals surface area contributed by atoms with Crippen LogP contribution in [0.25, 0.3) is 0 Å². The van der Waals surface area contributed by atoms with E-state index in [0.717, 1.165) is 37.9 Å². The summed E-state index contributed by atoms with van der Waals surface area (Å²) in [7, 11) is 1.38. The molecule has 2 N–H and O–H groups in total. The molecule has 160 valence electrons. The van der Waals surface area contributed by atoms with E-state index in [0.29, 0.717) is 18.6 Å². The summed E-state index contributed by atoms with van der Waals surface area (Å²) in [5, 5.41) is 20.8. The van der Waals surface area contributed by atoms with Crippen molar-refractivity contribution < 1.29 is 24.5 Å². The first kappa shape index (κ1) is 24.9. The molecule has 0 heterocycles. The van der Waals surface area contributed by atoms with Crippen LogP contribution in [0.5, 0.6) is 0 Å². The normalized spacial score (nSPS) is 24.4. The van der Waals surface area contributed by atoms with E-state index in [2.05, 4.69) is 18.2 Å². The summed E-state index contributed by atoms with van der Waals surface area (Å²) < 4.78 is 4.61. The molecule has 1 fully saturated rings. The lowest BCUT2D eigenvalue weighted by Gasteiger charge is -2.23. The first-order chi connectivity index (χ1) is 13.4. The van der Waals surface area contributed by atoms with Crippen molar-refractivity contribution in [2.24, 2.45) is 11.8 Å². The Bertz CT molecular complexity index is 533. The lowest BCUT2D eigenvalue weighted by molar-refractivity contribution is -0.137. The van der Waals surface area contributed by atoms with Crippen molar-refractivity contribution >= 4 is 23.5 Å². The van der Waals surface area contributed by atoms with Gasteiger partial charge < -0.3 is 14.9 Å². The minimum Gasteiger partial charge on any atom is -0.468 e. The van der Waals surface area contributed by atoms with Gasteiger partial charge in [-0.2, -0.15) is 11.8 Å². The molecule has 0 aliphatic heterocycles. The highest BCUT2D eigenvalue weighted by molar-refractivity contribution is 7.99. The average molecular weight is 413 g/mol. The summed E-state index contributed by atoms with van der Waals surface area (Å²) in [6.45, 7) is 5.82. The Hall–Kier alpha value is -1.11. The van der Waals surface area contributed by atoms with Crippen molar-refractivity contribution in [1.29, 1.82) is 0 Å². The highest BCUT2D eigenvalue weighted by atomic mass is 32.2. The van der Waals surface area contributed by atoms with Crippen LogP contribution in [-0.4, -0.2) is 52.3 Å². The summed E-state index contributed by atoms with van der Waals surface area (Å²) >= 11 is 1.54. The number of carbonyl (C=O) groups excluding carboxylic acids is 2. The fraction of sp³-hybridized carbons (Fsp3) is 0.727. The van der Waals surface area contributed by atoms with Gasteiger partial charge in [-0.1, -0.05) is 44.4 Å². The third-order valence-electron chi connectivity index (χ3n) is 5.41. The van der Waals surface area contributed by atoms with Crippen LogP contribution in [0.4, 0.5) is 0 Å². The Labute approximate surface area is 173 Å². The lowest BCUT2D eigenvalue weighted by atomic mass is 9.87. The second-order valence-corrected chi connectivity index (χ2v) is 8.69. The third kappa shape index (κ3) is 8.50. The minimum absolute atomic E-state index is 0.120. The summed E-state index contributed by atoms with van der Waals surface area (Å²) in [6, 6.07) is 0. The van der Waals surface area contributed by atoms with Gasteiger partial charge in [0.15, 0.2) is 0 Å². The highest BCUT2D eigenvalue weighted by Gasteiger charge is 2.39. The van der Waals surface area contributed by atoms with E-state index in [4.69, 9.17) is 0 Å². The molecule has 0 aromatic carbocycles. The molecule has 0 radical (unpaired) electrons. The fourth-order valence-electron chi connectivity index (χ4n) is 3.57. The SMILES string of the molecule is C=CC(O)(CC=C[C@H]1[C@H](O)CC(=O)[C@@H]1CCCCSCC(=O)OC)CCCC. The molecule has 1 aliphatic rings. The van der Waals surface area contributed by atoms with E-state index in [1.54, 1.807) is 6.08 Å². The summed E-state index contributed by atoms with van der Waals surface area (Å²) in [4.78, 5) is 23.4. The molecule has 1 saturated carbocycles. The number of aliphatic hydroxyl groups is 2. The maximum atomic E-state index is 12.3. The van der Waals surface area contributed by atoms with Gasteiger partial charge in [-0.25, -0.2) is 0 Å². The number of methoxy groups -OCH3 is 1. The number of carbonyl (C=O) groups is 2. The summed E-state index contributed by atoms with van der Waals surface area (Å²) in [5.74, 6) is 0.757. The third-order valence-corrected chi connectivity index (χ3v) is 6.42. The topological polar surface area (TPSA) is 83.8 Å². The van der Waals surface area contributed by atoms with Crippen LogP contribution in [0, 0.1) is 11.8 Å². The monoisotopic (exact) mass is 412 g/mol. The van der Waals surface area contributed by atoms with Crippen molar-refractivity contribution in [1.82, 2.24) is 0 Å². The molecular weight excluding hydrogens is 376 g/mol. The number of esters is 1. The predicted octanol–water partition coefficient (Wildman–Crippen LogP) is 3.68. The first-order valence-electron chi connectivity index (χ1n) is 10.2. The van der Waals surface area contributed by atoms with Gasteiger partial charge in [0.1, 0.15) is 5.78 Å². The predicted molar refractivity (Wildman–Crippen MR) is 114 cm³/mol. The standard InChI is InChI=1S/C22H36O5S/c1-4-6-12-22(26,5-2)13-9-11-18-17(19(23)15-20(18)24)10-7-8-14-28-16-21(25)27-3/h5,9,11,17-18,20,24,26H,2,4,6-8,10,12-16H2,1,3H3/t17-,18-,20-,22?/m1/s1. The van der Waals surface area contributed by atoms with Crippen LogP contribution in [0.3, 0.4) is 0 Å². The van der Waals surface area contributed by atoms with Crippen molar-refractivity contribution in [3.8, 4) is 0 Å². The molecule has 0 spiro atoms. The number of rotatable bonds is 14. The van der Waals surface area contributed by atoms with E-state index in [9.17, 15) is 19.8 Å². The van der Waals surface area contributed by atoms with Gasteiger partial charge in [0, 0.05) is 18.3 Å². The lowest BCUT2D eigenvalue weighted by Crippen LogP contribution is -2.25. The van der Waals surface area contributed by atoms with Crippen LogP contribution in [0.1, 0.15) is 58.3 Å². The number of hydrogen-bond acceptors (Lipinski definition) is 6. The van der Waals surface area contributed by atoms with E-state index >= 15 is 0 Å². The molecule has 5 nitrogen and oxygen atoms in total. The van der Waals surface area contributed by atoms with Gasteiger partial charge in [-0.3, -0.25) is 9.59 Å². The largest absolute Gasteiger partial charge is 0.468 e. The molecule has 0 aromatic heterocycles. The van der Waals surface area contributed by atoms with E-state index < -0.39 is 11.7 Å². The minimum atomic E-state index is -0.924. The number of Topliss-reactive ketones (excluding diaryl/α,β-unsaturated/α-hetero) is 1. The quantitative estimate of drug-likeness (QED) is 0.257. The van der Waals surface area contributed by atoms with Gasteiger partial charge >= 0.3 is 5.97 Å². The Morgan fingerprint density at radius 1 is 1.39 bits per heavy atom. The van der Waals surface area contributed by atoms with Gasteiger partial charge in [-0.05, 0) is 31.4 Å². The van der Waals surface area contributed by atoms with Crippen molar-refractivity contribution in [2.75, 3.05) is 18.6 Å². The molecule has 1 unspecified atom stereocenters. The van der Waals surface area contributed by atoms with Gasteiger partial charge in [0.25, 0.3) is 0 Å². The molecule has 6 heteroatoms. The van der Waals surface area contributed by atoms with Gasteiger partial charge in [0.05, 0.1) is 24.6 Å². The average Bonchev–Trinajstić information content (AvgIpc) is 2.95. The second kappa shape index (κ2) is 13.2. The van der Waals surface area contributed by atoms with Crippen LogP contribution in [0.15, 0.2) is 24.8 Å². The zero-order valence-corrected chi connectivity index (χ0v) is 18.1. The highest BCUT2D eigenvalue weighted by Crippen LogP contribution is 2.34. The zero-order chi connectivity index (χ0) is 21.0. The molecular formula is C22H36O5S. The number of ketones is 1. The van der Waals surface area contributed by atoms with Gasteiger partial charge in [0.2, 0.25) is 0 Å². The molecule has 4 atom stereocenters. The Balaban J connectivity index is 2.48. The first-order valence-corrected chi connectivity index (χ1v) is 11.4. The Morgan fingerprint density at radius 2 is 2.14 bits per heavy atom. The second-order valence-electron chi connectivity index (χ2n) is 7.59. The Morgan fingerprint density at radius 3 is 2.79 bits per heavy atom. The van der Waals surface area contributed by atoms with Crippen molar-refractivity contribution in [2.45, 2.75) is 70.0 Å². The maximum Gasteiger partial charge on any atom is 0.315 e. The summed E-state index contributed by atoms with van der Waals surface area (Å²) in [5.41, 5.74) is -0.924. The Kier molecular flexibility index (Phi) is 11.7. The van der Waals surface area contributed by atoms with E-state index in [-0.39, 0.29) is 30.0 Å². The smallest absolute Gasteiger partial charge is 0.315 e. The maximum absolute atomic E-state index is 12.3. The van der Waals surface area contributed by atoms with Crippen molar-refractivity contribution in [3.63, 3.8) is 0 Å². The fourth-order valence-corrected chi connectivity index (χ4v) is 4.41. The molecule has 0 saturated heterocycles. The molecule has 0 bridgehead atoms. The molecule has 1 aliphatic carbocycles. The van der Waals surface area contributed by atoms with Crippen LogP contribution >= 0.6 is 11.8 Å². The number of hydrogen-bond donors (Lipinski definition) is 2. The molecule has 28 heavy (non-hydrogen) atoms. The van der Waals surface area contributed by atoms with Crippen LogP contribution in [0.2, 0.25) is 0 Å². The molecule has 0 amide bonds. The number of ether oxygens (including phenoxy) is 1. The summed E-state index contributed by atoms with van der Waals surface area (Å²) in [6.07, 6.45) is 10.6. The zero-order valence-electron chi connectivity index (χ0n) is 17.3.